The van der Waals surface area contributed by atoms with Crippen LogP contribution in [0.15, 0.2) is 18.2 Å². The Kier molecular flexibility index (Phi) is 8.36. The number of ketones is 1. The number of hydrogen-bond donors (Lipinski definition) is 0. The van der Waals surface area contributed by atoms with Crippen molar-refractivity contribution in [2.45, 2.75) is 32.2 Å². The maximum atomic E-state index is 12.6. The van der Waals surface area contributed by atoms with Crippen LogP contribution in [0.3, 0.4) is 0 Å². The van der Waals surface area contributed by atoms with Crippen LogP contribution in [0, 0.1) is 0 Å². The Labute approximate surface area is 183 Å². The van der Waals surface area contributed by atoms with E-state index >= 15 is 0 Å². The van der Waals surface area contributed by atoms with E-state index in [1.807, 2.05) is 4.90 Å². The number of rotatable bonds is 8. The van der Waals surface area contributed by atoms with Crippen molar-refractivity contribution in [1.29, 1.82) is 0 Å². The Bertz CT molecular complexity index is 737. The number of carbonyl (C=O) groups is 2. The number of benzene rings is 1. The summed E-state index contributed by atoms with van der Waals surface area (Å²) >= 11 is 6.36. The fourth-order valence-electron chi connectivity index (χ4n) is 4.08. The van der Waals surface area contributed by atoms with Gasteiger partial charge < -0.3 is 19.3 Å². The number of ether oxygens (including phenoxy) is 2. The molecule has 8 heteroatoms. The normalized spacial score (nSPS) is 20.4. The summed E-state index contributed by atoms with van der Waals surface area (Å²) in [5.74, 6) is 0.632. The average molecular weight is 438 g/mol. The molecule has 2 aliphatic rings. The number of methoxy groups -OCH3 is 1. The second kappa shape index (κ2) is 11.0. The predicted molar refractivity (Wildman–Crippen MR) is 117 cm³/mol. The SMILES string of the molecule is COC(=O)N1CCN(CC(=O)c2ccc(OCCCN3CCCC3C)c(Cl)c2)CC1. The van der Waals surface area contributed by atoms with Crippen molar-refractivity contribution in [3.8, 4) is 5.75 Å². The van der Waals surface area contributed by atoms with Crippen LogP contribution in [0.5, 0.6) is 5.75 Å². The quantitative estimate of drug-likeness (QED) is 0.460. The first kappa shape index (κ1) is 22.8. The van der Waals surface area contributed by atoms with Crippen LogP contribution in [-0.2, 0) is 4.74 Å². The van der Waals surface area contributed by atoms with Crippen molar-refractivity contribution in [2.75, 3.05) is 59.5 Å². The molecular weight excluding hydrogens is 406 g/mol. The molecule has 2 heterocycles. The van der Waals surface area contributed by atoms with Gasteiger partial charge >= 0.3 is 6.09 Å². The maximum Gasteiger partial charge on any atom is 0.409 e. The van der Waals surface area contributed by atoms with Gasteiger partial charge in [-0.25, -0.2) is 4.79 Å². The van der Waals surface area contributed by atoms with Crippen molar-refractivity contribution < 1.29 is 19.1 Å². The summed E-state index contributed by atoms with van der Waals surface area (Å²) in [5, 5.41) is 0.464. The largest absolute Gasteiger partial charge is 0.492 e. The van der Waals surface area contributed by atoms with E-state index in [0.717, 1.165) is 13.0 Å². The van der Waals surface area contributed by atoms with Gasteiger partial charge in [0.15, 0.2) is 5.78 Å². The number of nitrogens with zero attached hydrogens (tertiary/aromatic N) is 3. The highest BCUT2D eigenvalue weighted by molar-refractivity contribution is 6.32. The molecule has 1 unspecified atom stereocenters. The molecule has 0 aromatic heterocycles. The molecule has 2 saturated heterocycles. The molecule has 2 aliphatic heterocycles. The van der Waals surface area contributed by atoms with Crippen LogP contribution in [-0.4, -0.2) is 92.1 Å². The summed E-state index contributed by atoms with van der Waals surface area (Å²) in [7, 11) is 1.38. The molecule has 0 spiro atoms. The third-order valence-corrected chi connectivity index (χ3v) is 6.26. The molecule has 0 radical (unpaired) electrons. The summed E-state index contributed by atoms with van der Waals surface area (Å²) in [5.41, 5.74) is 0.577. The van der Waals surface area contributed by atoms with Crippen LogP contribution < -0.4 is 4.74 Å². The van der Waals surface area contributed by atoms with Gasteiger partial charge in [-0.15, -0.1) is 0 Å². The van der Waals surface area contributed by atoms with Crippen molar-refractivity contribution in [2.24, 2.45) is 0 Å². The fourth-order valence-corrected chi connectivity index (χ4v) is 4.31. The molecular formula is C22H32ClN3O4. The number of hydrogen-bond acceptors (Lipinski definition) is 6. The van der Waals surface area contributed by atoms with Crippen LogP contribution in [0.4, 0.5) is 4.79 Å². The van der Waals surface area contributed by atoms with E-state index in [1.54, 1.807) is 23.1 Å². The van der Waals surface area contributed by atoms with E-state index in [2.05, 4.69) is 11.8 Å². The smallest absolute Gasteiger partial charge is 0.409 e. The van der Waals surface area contributed by atoms with Gasteiger partial charge in [-0.1, -0.05) is 11.6 Å². The number of piperazine rings is 1. The molecule has 0 bridgehead atoms. The zero-order valence-electron chi connectivity index (χ0n) is 17.9. The van der Waals surface area contributed by atoms with Crippen molar-refractivity contribution in [3.05, 3.63) is 28.8 Å². The average Bonchev–Trinajstić information content (AvgIpc) is 3.16. The molecule has 1 amide bonds. The first-order chi connectivity index (χ1) is 14.5. The van der Waals surface area contributed by atoms with Crippen molar-refractivity contribution >= 4 is 23.5 Å². The summed E-state index contributed by atoms with van der Waals surface area (Å²) in [6.07, 6.45) is 3.20. The first-order valence-electron chi connectivity index (χ1n) is 10.7. The lowest BCUT2D eigenvalue weighted by Gasteiger charge is -2.33. The fraction of sp³-hybridized carbons (Fsp3) is 0.636. The van der Waals surface area contributed by atoms with E-state index in [0.29, 0.717) is 61.7 Å². The van der Waals surface area contributed by atoms with Gasteiger partial charge in [0.2, 0.25) is 0 Å². The lowest BCUT2D eigenvalue weighted by molar-refractivity contribution is 0.0790. The minimum atomic E-state index is -0.321. The van der Waals surface area contributed by atoms with Gasteiger partial charge in [-0.3, -0.25) is 9.69 Å². The van der Waals surface area contributed by atoms with Crippen LogP contribution in [0.1, 0.15) is 36.5 Å². The molecule has 0 saturated carbocycles. The molecule has 0 aliphatic carbocycles. The van der Waals surface area contributed by atoms with Crippen molar-refractivity contribution in [1.82, 2.24) is 14.7 Å². The second-order valence-corrected chi connectivity index (χ2v) is 8.44. The van der Waals surface area contributed by atoms with Gasteiger partial charge in [0.05, 0.1) is 25.3 Å². The highest BCUT2D eigenvalue weighted by Crippen LogP contribution is 2.26. The molecule has 1 atom stereocenters. The van der Waals surface area contributed by atoms with E-state index < -0.39 is 0 Å². The van der Waals surface area contributed by atoms with Crippen LogP contribution in [0.25, 0.3) is 0 Å². The van der Waals surface area contributed by atoms with E-state index in [4.69, 9.17) is 21.1 Å². The lowest BCUT2D eigenvalue weighted by Crippen LogP contribution is -2.49. The number of halogens is 1. The summed E-state index contributed by atoms with van der Waals surface area (Å²) in [4.78, 5) is 30.4. The number of amides is 1. The molecule has 30 heavy (non-hydrogen) atoms. The van der Waals surface area contributed by atoms with E-state index in [1.165, 1.54) is 26.5 Å². The third kappa shape index (κ3) is 6.09. The zero-order valence-corrected chi connectivity index (χ0v) is 18.7. The van der Waals surface area contributed by atoms with E-state index in [-0.39, 0.29) is 11.9 Å². The highest BCUT2D eigenvalue weighted by atomic mass is 35.5. The molecule has 2 fully saturated rings. The Balaban J connectivity index is 1.43. The Morgan fingerprint density at radius 2 is 1.93 bits per heavy atom. The van der Waals surface area contributed by atoms with Gasteiger partial charge in [-0.05, 0) is 50.9 Å². The standard InChI is InChI=1S/C22H32ClN3O4/c1-17-5-3-8-25(17)9-4-14-30-21-7-6-18(15-19(21)23)20(27)16-24-10-12-26(13-11-24)22(28)29-2/h6-7,15,17H,3-5,8-14,16H2,1-2H3. The van der Waals surface area contributed by atoms with Gasteiger partial charge in [0.1, 0.15) is 5.75 Å². The summed E-state index contributed by atoms with van der Waals surface area (Å²) < 4.78 is 10.6. The minimum absolute atomic E-state index is 0.0120. The molecule has 166 valence electrons. The topological polar surface area (TPSA) is 62.3 Å². The molecule has 1 aromatic rings. The first-order valence-corrected chi connectivity index (χ1v) is 11.1. The van der Waals surface area contributed by atoms with Crippen molar-refractivity contribution in [3.63, 3.8) is 0 Å². The van der Waals surface area contributed by atoms with Gasteiger partial charge in [0, 0.05) is 44.3 Å². The minimum Gasteiger partial charge on any atom is -0.492 e. The van der Waals surface area contributed by atoms with Gasteiger partial charge in [0.25, 0.3) is 0 Å². The predicted octanol–water partition coefficient (Wildman–Crippen LogP) is 3.16. The van der Waals surface area contributed by atoms with Gasteiger partial charge in [-0.2, -0.15) is 0 Å². The summed E-state index contributed by atoms with van der Waals surface area (Å²) in [6.45, 7) is 7.82. The number of likely N-dealkylation sites (tertiary alicyclic amines) is 1. The van der Waals surface area contributed by atoms with Crippen LogP contribution in [0.2, 0.25) is 5.02 Å². The lowest BCUT2D eigenvalue weighted by atomic mass is 10.1. The zero-order chi connectivity index (χ0) is 21.5. The Morgan fingerprint density at radius 3 is 2.57 bits per heavy atom. The molecule has 0 N–H and O–H groups in total. The highest BCUT2D eigenvalue weighted by Gasteiger charge is 2.23. The van der Waals surface area contributed by atoms with Crippen LogP contribution >= 0.6 is 11.6 Å². The molecule has 1 aromatic carbocycles. The number of Topliss-reactive ketones (excluding diaryl/α,β-unsaturated/α-hetero) is 1. The second-order valence-electron chi connectivity index (χ2n) is 8.03. The third-order valence-electron chi connectivity index (χ3n) is 5.96. The van der Waals surface area contributed by atoms with E-state index in [9.17, 15) is 9.59 Å². The molecule has 3 rings (SSSR count). The monoisotopic (exact) mass is 437 g/mol. The summed E-state index contributed by atoms with van der Waals surface area (Å²) in [6, 6.07) is 5.91. The number of carbonyl (C=O) groups excluding carboxylic acids is 2. The Morgan fingerprint density at radius 1 is 1.17 bits per heavy atom. The Hall–Kier alpha value is -1.83. The molecule has 7 nitrogen and oxygen atoms in total. The maximum absolute atomic E-state index is 12.6.